The molecular weight excluding hydrogens is 342 g/mol. The van der Waals surface area contributed by atoms with Gasteiger partial charge < -0.3 is 5.32 Å². The highest BCUT2D eigenvalue weighted by molar-refractivity contribution is 7.80. The summed E-state index contributed by atoms with van der Waals surface area (Å²) in [5.41, 5.74) is 3.63. The SMILES string of the molecule is N#Cc1ccccc1NC(=S)NC(=O)c1ccc(-c2ccccc2)cc1. The lowest BCUT2D eigenvalue weighted by molar-refractivity contribution is 0.0978. The van der Waals surface area contributed by atoms with Gasteiger partial charge in [-0.05, 0) is 47.6 Å². The van der Waals surface area contributed by atoms with Crippen molar-refractivity contribution in [2.24, 2.45) is 0 Å². The lowest BCUT2D eigenvalue weighted by Crippen LogP contribution is -2.34. The predicted octanol–water partition coefficient (Wildman–Crippen LogP) is 4.35. The average molecular weight is 357 g/mol. The minimum atomic E-state index is -0.309. The number of carbonyl (C=O) groups excluding carboxylic acids is 1. The van der Waals surface area contributed by atoms with E-state index in [1.54, 1.807) is 36.4 Å². The molecule has 0 aliphatic heterocycles. The first-order valence-corrected chi connectivity index (χ1v) is 8.35. The first-order chi connectivity index (χ1) is 12.7. The Balaban J connectivity index is 1.66. The minimum Gasteiger partial charge on any atom is -0.331 e. The van der Waals surface area contributed by atoms with E-state index in [4.69, 9.17) is 17.5 Å². The third-order valence-electron chi connectivity index (χ3n) is 3.78. The number of carbonyl (C=O) groups is 1. The Labute approximate surface area is 157 Å². The number of hydrogen-bond donors (Lipinski definition) is 2. The van der Waals surface area contributed by atoms with Crippen LogP contribution in [0.4, 0.5) is 5.69 Å². The number of amides is 1. The molecule has 26 heavy (non-hydrogen) atoms. The highest BCUT2D eigenvalue weighted by Crippen LogP contribution is 2.19. The molecule has 126 valence electrons. The van der Waals surface area contributed by atoms with Gasteiger partial charge in [-0.25, -0.2) is 0 Å². The Kier molecular flexibility index (Phi) is 5.37. The van der Waals surface area contributed by atoms with Crippen LogP contribution in [0.3, 0.4) is 0 Å². The fourth-order valence-corrected chi connectivity index (χ4v) is 2.67. The van der Waals surface area contributed by atoms with Gasteiger partial charge in [-0.3, -0.25) is 10.1 Å². The Morgan fingerprint density at radius 3 is 2.15 bits per heavy atom. The number of hydrogen-bond acceptors (Lipinski definition) is 3. The van der Waals surface area contributed by atoms with Gasteiger partial charge in [-0.15, -0.1) is 0 Å². The van der Waals surface area contributed by atoms with Crippen LogP contribution in [0.25, 0.3) is 11.1 Å². The molecule has 3 aromatic carbocycles. The molecule has 0 atom stereocenters. The first kappa shape index (κ1) is 17.3. The summed E-state index contributed by atoms with van der Waals surface area (Å²) in [5.74, 6) is -0.309. The second kappa shape index (κ2) is 8.06. The predicted molar refractivity (Wildman–Crippen MR) is 107 cm³/mol. The van der Waals surface area contributed by atoms with Crippen molar-refractivity contribution in [3.8, 4) is 17.2 Å². The van der Waals surface area contributed by atoms with Gasteiger partial charge in [0.2, 0.25) is 0 Å². The second-order valence-electron chi connectivity index (χ2n) is 5.51. The standard InChI is InChI=1S/C21H15N3OS/c22-14-18-8-4-5-9-19(18)23-21(26)24-20(25)17-12-10-16(11-13-17)15-6-2-1-3-7-15/h1-13H,(H2,23,24,25,26). The molecule has 3 rings (SSSR count). The van der Waals surface area contributed by atoms with Crippen molar-refractivity contribution in [3.05, 3.63) is 90.0 Å². The molecule has 1 amide bonds. The first-order valence-electron chi connectivity index (χ1n) is 7.94. The summed E-state index contributed by atoms with van der Waals surface area (Å²) in [4.78, 5) is 12.3. The quantitative estimate of drug-likeness (QED) is 0.684. The smallest absolute Gasteiger partial charge is 0.257 e. The van der Waals surface area contributed by atoms with E-state index in [2.05, 4.69) is 16.7 Å². The van der Waals surface area contributed by atoms with Crippen molar-refractivity contribution in [1.82, 2.24) is 5.32 Å². The van der Waals surface area contributed by atoms with Crippen molar-refractivity contribution in [2.75, 3.05) is 5.32 Å². The van der Waals surface area contributed by atoms with Crippen molar-refractivity contribution in [1.29, 1.82) is 5.26 Å². The summed E-state index contributed by atoms with van der Waals surface area (Å²) in [6.07, 6.45) is 0. The molecule has 0 aliphatic carbocycles. The van der Waals surface area contributed by atoms with Gasteiger partial charge in [0.05, 0.1) is 11.3 Å². The van der Waals surface area contributed by atoms with Gasteiger partial charge >= 0.3 is 0 Å². The highest BCUT2D eigenvalue weighted by atomic mass is 32.1. The maximum Gasteiger partial charge on any atom is 0.257 e. The van der Waals surface area contributed by atoms with Gasteiger partial charge in [0.1, 0.15) is 6.07 Å². The molecule has 0 aromatic heterocycles. The van der Waals surface area contributed by atoms with Crippen LogP contribution in [0, 0.1) is 11.3 Å². The van der Waals surface area contributed by atoms with Crippen LogP contribution < -0.4 is 10.6 Å². The molecule has 0 radical (unpaired) electrons. The maximum atomic E-state index is 12.3. The number of rotatable bonds is 3. The molecule has 0 saturated heterocycles. The Morgan fingerprint density at radius 2 is 1.46 bits per heavy atom. The van der Waals surface area contributed by atoms with Gasteiger partial charge in [0.15, 0.2) is 5.11 Å². The van der Waals surface area contributed by atoms with Crippen LogP contribution in [0.2, 0.25) is 0 Å². The summed E-state index contributed by atoms with van der Waals surface area (Å²) in [6, 6.07) is 26.3. The van der Waals surface area contributed by atoms with E-state index in [0.717, 1.165) is 11.1 Å². The van der Waals surface area contributed by atoms with Crippen LogP contribution in [0.5, 0.6) is 0 Å². The topological polar surface area (TPSA) is 64.9 Å². The van der Waals surface area contributed by atoms with Crippen molar-refractivity contribution < 1.29 is 4.79 Å². The van der Waals surface area contributed by atoms with E-state index in [1.165, 1.54) is 0 Å². The van der Waals surface area contributed by atoms with Crippen molar-refractivity contribution in [3.63, 3.8) is 0 Å². The molecule has 2 N–H and O–H groups in total. The fourth-order valence-electron chi connectivity index (χ4n) is 2.46. The lowest BCUT2D eigenvalue weighted by atomic mass is 10.0. The minimum absolute atomic E-state index is 0.143. The summed E-state index contributed by atoms with van der Waals surface area (Å²) in [7, 11) is 0. The Morgan fingerprint density at radius 1 is 0.846 bits per heavy atom. The second-order valence-corrected chi connectivity index (χ2v) is 5.92. The Bertz CT molecular complexity index is 976. The number of thiocarbonyl (C=S) groups is 1. The third kappa shape index (κ3) is 4.12. The van der Waals surface area contributed by atoms with Crippen LogP contribution >= 0.6 is 12.2 Å². The van der Waals surface area contributed by atoms with E-state index in [9.17, 15) is 4.79 Å². The van der Waals surface area contributed by atoms with E-state index in [1.807, 2.05) is 42.5 Å². The molecular formula is C21H15N3OS. The van der Waals surface area contributed by atoms with Crippen LogP contribution in [0.1, 0.15) is 15.9 Å². The van der Waals surface area contributed by atoms with Crippen molar-refractivity contribution >= 4 is 28.9 Å². The monoisotopic (exact) mass is 357 g/mol. The number of para-hydroxylation sites is 1. The normalized spacial score (nSPS) is 9.81. The summed E-state index contributed by atoms with van der Waals surface area (Å²) in [6.45, 7) is 0. The van der Waals surface area contributed by atoms with Crippen LogP contribution in [-0.4, -0.2) is 11.0 Å². The zero-order valence-electron chi connectivity index (χ0n) is 13.8. The summed E-state index contributed by atoms with van der Waals surface area (Å²) >= 11 is 5.17. The van der Waals surface area contributed by atoms with E-state index in [0.29, 0.717) is 16.8 Å². The Hall–Kier alpha value is -3.49. The average Bonchev–Trinajstić information content (AvgIpc) is 2.69. The van der Waals surface area contributed by atoms with E-state index < -0.39 is 0 Å². The van der Waals surface area contributed by atoms with Crippen LogP contribution in [0.15, 0.2) is 78.9 Å². The highest BCUT2D eigenvalue weighted by Gasteiger charge is 2.09. The molecule has 3 aromatic rings. The summed E-state index contributed by atoms with van der Waals surface area (Å²) < 4.78 is 0. The number of nitrogens with one attached hydrogen (secondary N) is 2. The largest absolute Gasteiger partial charge is 0.331 e. The van der Waals surface area contributed by atoms with E-state index in [-0.39, 0.29) is 11.0 Å². The number of anilines is 1. The third-order valence-corrected chi connectivity index (χ3v) is 3.98. The fraction of sp³-hybridized carbons (Fsp3) is 0. The van der Waals surface area contributed by atoms with Crippen LogP contribution in [-0.2, 0) is 0 Å². The molecule has 4 nitrogen and oxygen atoms in total. The van der Waals surface area contributed by atoms with Gasteiger partial charge in [-0.1, -0.05) is 54.6 Å². The molecule has 0 spiro atoms. The van der Waals surface area contributed by atoms with E-state index >= 15 is 0 Å². The van der Waals surface area contributed by atoms with Gasteiger partial charge in [0.25, 0.3) is 5.91 Å². The summed E-state index contributed by atoms with van der Waals surface area (Å²) in [5, 5.41) is 14.7. The zero-order chi connectivity index (χ0) is 18.4. The van der Waals surface area contributed by atoms with Gasteiger partial charge in [0, 0.05) is 5.56 Å². The molecule has 0 aliphatic rings. The number of benzene rings is 3. The lowest BCUT2D eigenvalue weighted by Gasteiger charge is -2.11. The molecule has 0 bridgehead atoms. The maximum absolute atomic E-state index is 12.3. The van der Waals surface area contributed by atoms with Gasteiger partial charge in [-0.2, -0.15) is 5.26 Å². The molecule has 0 fully saturated rings. The number of nitrogens with zero attached hydrogens (tertiary/aromatic N) is 1. The molecule has 0 unspecified atom stereocenters. The molecule has 0 heterocycles. The number of nitriles is 1. The molecule has 5 heteroatoms. The zero-order valence-corrected chi connectivity index (χ0v) is 14.6. The molecule has 0 saturated carbocycles. The van der Waals surface area contributed by atoms with Crippen molar-refractivity contribution in [2.45, 2.75) is 0 Å².